The molecule has 2 amide bonds. The summed E-state index contributed by atoms with van der Waals surface area (Å²) in [6.45, 7) is 3.41. The Bertz CT molecular complexity index is 582. The molecule has 1 unspecified atom stereocenters. The van der Waals surface area contributed by atoms with E-state index in [0.717, 1.165) is 18.4 Å². The number of amides is 2. The molecule has 2 N–H and O–H groups in total. The Kier molecular flexibility index (Phi) is 6.46. The molecule has 0 saturated heterocycles. The van der Waals surface area contributed by atoms with Gasteiger partial charge in [-0.2, -0.15) is 0 Å². The third-order valence-corrected chi connectivity index (χ3v) is 4.10. The Hall–Kier alpha value is -2.24. The topological polar surface area (TPSA) is 76.7 Å². The average Bonchev–Trinajstić information content (AvgIpc) is 3.05. The summed E-state index contributed by atoms with van der Waals surface area (Å²) in [4.78, 5) is 22.9. The Morgan fingerprint density at radius 1 is 1.25 bits per heavy atom. The van der Waals surface area contributed by atoms with Crippen LogP contribution in [0.1, 0.15) is 45.1 Å². The van der Waals surface area contributed by atoms with Crippen molar-refractivity contribution in [3.8, 4) is 11.5 Å². The maximum Gasteiger partial charge on any atom is 0.242 e. The minimum atomic E-state index is -0.560. The van der Waals surface area contributed by atoms with Gasteiger partial charge in [0.1, 0.15) is 6.04 Å². The highest BCUT2D eigenvalue weighted by atomic mass is 16.5. The predicted molar refractivity (Wildman–Crippen MR) is 91.0 cm³/mol. The van der Waals surface area contributed by atoms with Gasteiger partial charge in [0.25, 0.3) is 0 Å². The first-order valence-electron chi connectivity index (χ1n) is 8.38. The zero-order valence-electron chi connectivity index (χ0n) is 14.6. The van der Waals surface area contributed by atoms with Gasteiger partial charge in [-0.1, -0.05) is 6.07 Å². The summed E-state index contributed by atoms with van der Waals surface area (Å²) < 4.78 is 11.4. The molecule has 2 rings (SSSR count). The zero-order valence-corrected chi connectivity index (χ0v) is 14.6. The van der Waals surface area contributed by atoms with Crippen molar-refractivity contribution in [2.24, 2.45) is 0 Å². The van der Waals surface area contributed by atoms with Crippen molar-refractivity contribution in [2.75, 3.05) is 7.11 Å². The molecule has 132 valence electrons. The molecule has 1 aliphatic rings. The highest BCUT2D eigenvalue weighted by Gasteiger charge is 2.19. The molecule has 0 heterocycles. The van der Waals surface area contributed by atoms with E-state index < -0.39 is 6.04 Å². The second-order valence-corrected chi connectivity index (χ2v) is 6.15. The number of hydrogen-bond acceptors (Lipinski definition) is 4. The number of benzene rings is 1. The van der Waals surface area contributed by atoms with Crippen molar-refractivity contribution in [1.82, 2.24) is 10.6 Å². The first-order chi connectivity index (χ1) is 11.5. The molecule has 0 aliphatic heterocycles. The van der Waals surface area contributed by atoms with Crippen LogP contribution in [-0.2, 0) is 16.1 Å². The summed E-state index contributed by atoms with van der Waals surface area (Å²) in [5.41, 5.74) is 0.923. The van der Waals surface area contributed by atoms with Crippen LogP contribution < -0.4 is 20.1 Å². The number of nitrogens with one attached hydrogen (secondary N) is 2. The normalized spacial score (nSPS) is 15.6. The van der Waals surface area contributed by atoms with Gasteiger partial charge in [0.15, 0.2) is 11.5 Å². The van der Waals surface area contributed by atoms with Crippen LogP contribution in [0.2, 0.25) is 0 Å². The van der Waals surface area contributed by atoms with E-state index in [-0.39, 0.29) is 17.9 Å². The SMILES string of the molecule is COc1ccc(CNC(=O)C(C)NC(C)=O)cc1OC1CCCC1. The third kappa shape index (κ3) is 5.15. The van der Waals surface area contributed by atoms with Crippen molar-refractivity contribution in [3.63, 3.8) is 0 Å². The molecule has 1 aliphatic carbocycles. The van der Waals surface area contributed by atoms with Gasteiger partial charge in [-0.05, 0) is 50.3 Å². The predicted octanol–water partition coefficient (Wildman–Crippen LogP) is 2.16. The Morgan fingerprint density at radius 3 is 2.58 bits per heavy atom. The fourth-order valence-corrected chi connectivity index (χ4v) is 2.82. The monoisotopic (exact) mass is 334 g/mol. The molecular formula is C18H26N2O4. The van der Waals surface area contributed by atoms with Gasteiger partial charge in [-0.25, -0.2) is 0 Å². The fourth-order valence-electron chi connectivity index (χ4n) is 2.82. The second kappa shape index (κ2) is 8.57. The van der Waals surface area contributed by atoms with Crippen molar-refractivity contribution in [2.45, 2.75) is 58.2 Å². The van der Waals surface area contributed by atoms with Gasteiger partial charge < -0.3 is 20.1 Å². The smallest absolute Gasteiger partial charge is 0.242 e. The highest BCUT2D eigenvalue weighted by Crippen LogP contribution is 2.32. The van der Waals surface area contributed by atoms with Gasteiger partial charge in [0.05, 0.1) is 13.2 Å². The molecule has 6 heteroatoms. The van der Waals surface area contributed by atoms with Gasteiger partial charge in [-0.3, -0.25) is 9.59 Å². The lowest BCUT2D eigenvalue weighted by Crippen LogP contribution is -2.43. The van der Waals surface area contributed by atoms with Gasteiger partial charge in [0, 0.05) is 13.5 Å². The Morgan fingerprint density at radius 2 is 1.96 bits per heavy atom. The van der Waals surface area contributed by atoms with Crippen LogP contribution >= 0.6 is 0 Å². The molecule has 1 saturated carbocycles. The molecule has 1 atom stereocenters. The van der Waals surface area contributed by atoms with Crippen LogP contribution in [0.25, 0.3) is 0 Å². The quantitative estimate of drug-likeness (QED) is 0.801. The first kappa shape index (κ1) is 18.1. The summed E-state index contributed by atoms with van der Waals surface area (Å²) in [6.07, 6.45) is 4.77. The Labute approximate surface area is 142 Å². The van der Waals surface area contributed by atoms with Crippen LogP contribution in [0.4, 0.5) is 0 Å². The van der Waals surface area contributed by atoms with E-state index >= 15 is 0 Å². The summed E-state index contributed by atoms with van der Waals surface area (Å²) in [7, 11) is 1.62. The zero-order chi connectivity index (χ0) is 17.5. The van der Waals surface area contributed by atoms with Gasteiger partial charge >= 0.3 is 0 Å². The fraction of sp³-hybridized carbons (Fsp3) is 0.556. The number of carbonyl (C=O) groups excluding carboxylic acids is 2. The summed E-state index contributed by atoms with van der Waals surface area (Å²) >= 11 is 0. The maximum atomic E-state index is 12.0. The number of hydrogen-bond donors (Lipinski definition) is 2. The van der Waals surface area contributed by atoms with Crippen molar-refractivity contribution >= 4 is 11.8 Å². The van der Waals surface area contributed by atoms with Crippen LogP contribution in [0.3, 0.4) is 0 Å². The van der Waals surface area contributed by atoms with E-state index in [1.54, 1.807) is 14.0 Å². The third-order valence-electron chi connectivity index (χ3n) is 4.10. The lowest BCUT2D eigenvalue weighted by atomic mass is 10.2. The number of carbonyl (C=O) groups is 2. The van der Waals surface area contributed by atoms with Crippen LogP contribution in [0.5, 0.6) is 11.5 Å². The summed E-state index contributed by atoms with van der Waals surface area (Å²) in [5.74, 6) is 0.961. The molecule has 6 nitrogen and oxygen atoms in total. The summed E-state index contributed by atoms with van der Waals surface area (Å²) in [6, 6.07) is 5.09. The standard InChI is InChI=1S/C18H26N2O4/c1-12(20-13(2)21)18(22)19-11-14-8-9-16(23-3)17(10-14)24-15-6-4-5-7-15/h8-10,12,15H,4-7,11H2,1-3H3,(H,19,22)(H,20,21). The lowest BCUT2D eigenvalue weighted by Gasteiger charge is -2.17. The molecule has 1 aromatic carbocycles. The average molecular weight is 334 g/mol. The molecule has 0 radical (unpaired) electrons. The van der Waals surface area contributed by atoms with Crippen LogP contribution in [-0.4, -0.2) is 31.1 Å². The summed E-state index contributed by atoms with van der Waals surface area (Å²) in [5, 5.41) is 5.37. The van der Waals surface area contributed by atoms with Gasteiger partial charge in [-0.15, -0.1) is 0 Å². The lowest BCUT2D eigenvalue weighted by molar-refractivity contribution is -0.127. The number of ether oxygens (including phenoxy) is 2. The minimum absolute atomic E-state index is 0.223. The minimum Gasteiger partial charge on any atom is -0.493 e. The number of methoxy groups -OCH3 is 1. The molecule has 0 aromatic heterocycles. The largest absolute Gasteiger partial charge is 0.493 e. The molecule has 24 heavy (non-hydrogen) atoms. The molecule has 0 spiro atoms. The second-order valence-electron chi connectivity index (χ2n) is 6.15. The van der Waals surface area contributed by atoms with Crippen molar-refractivity contribution in [1.29, 1.82) is 0 Å². The molecule has 1 aromatic rings. The number of rotatable bonds is 7. The van der Waals surface area contributed by atoms with E-state index in [1.165, 1.54) is 19.8 Å². The maximum absolute atomic E-state index is 12.0. The van der Waals surface area contributed by atoms with Crippen LogP contribution in [0.15, 0.2) is 18.2 Å². The Balaban J connectivity index is 1.97. The van der Waals surface area contributed by atoms with Gasteiger partial charge in [0.2, 0.25) is 11.8 Å². The van der Waals surface area contributed by atoms with E-state index in [4.69, 9.17) is 9.47 Å². The van der Waals surface area contributed by atoms with Crippen molar-refractivity contribution in [3.05, 3.63) is 23.8 Å². The van der Waals surface area contributed by atoms with E-state index in [2.05, 4.69) is 10.6 Å². The van der Waals surface area contributed by atoms with E-state index in [1.807, 2.05) is 18.2 Å². The van der Waals surface area contributed by atoms with Crippen molar-refractivity contribution < 1.29 is 19.1 Å². The van der Waals surface area contributed by atoms with E-state index in [9.17, 15) is 9.59 Å². The molecule has 1 fully saturated rings. The first-order valence-corrected chi connectivity index (χ1v) is 8.38. The van der Waals surface area contributed by atoms with E-state index in [0.29, 0.717) is 18.0 Å². The highest BCUT2D eigenvalue weighted by molar-refractivity contribution is 5.86. The molecular weight excluding hydrogens is 308 g/mol. The molecule has 0 bridgehead atoms. The van der Waals surface area contributed by atoms with Crippen LogP contribution in [0, 0.1) is 0 Å².